The van der Waals surface area contributed by atoms with E-state index in [9.17, 15) is 9.59 Å². The molecule has 1 aliphatic carbocycles. The van der Waals surface area contributed by atoms with Crippen LogP contribution in [0.4, 0.5) is 0 Å². The fraction of sp³-hybridized carbons (Fsp3) is 0.333. The number of rotatable bonds is 4. The van der Waals surface area contributed by atoms with Crippen LogP contribution in [0.2, 0.25) is 0 Å². The SMILES string of the molecule is O=C(CNC(=O)c1ccccc1I)NC1CC1. The van der Waals surface area contributed by atoms with Crippen LogP contribution >= 0.6 is 22.6 Å². The van der Waals surface area contributed by atoms with Gasteiger partial charge in [0.2, 0.25) is 5.91 Å². The van der Waals surface area contributed by atoms with Crippen molar-refractivity contribution in [1.29, 1.82) is 0 Å². The molecule has 2 amide bonds. The van der Waals surface area contributed by atoms with E-state index < -0.39 is 0 Å². The van der Waals surface area contributed by atoms with E-state index in [1.54, 1.807) is 12.1 Å². The van der Waals surface area contributed by atoms with Gasteiger partial charge < -0.3 is 10.6 Å². The summed E-state index contributed by atoms with van der Waals surface area (Å²) in [6.07, 6.45) is 2.10. The second-order valence-electron chi connectivity index (χ2n) is 4.00. The van der Waals surface area contributed by atoms with Crippen molar-refractivity contribution in [1.82, 2.24) is 10.6 Å². The Bertz CT molecular complexity index is 444. The van der Waals surface area contributed by atoms with Crippen molar-refractivity contribution >= 4 is 34.4 Å². The van der Waals surface area contributed by atoms with Crippen molar-refractivity contribution in [3.63, 3.8) is 0 Å². The van der Waals surface area contributed by atoms with E-state index in [4.69, 9.17) is 0 Å². The van der Waals surface area contributed by atoms with E-state index in [2.05, 4.69) is 33.2 Å². The van der Waals surface area contributed by atoms with E-state index in [0.29, 0.717) is 11.6 Å². The van der Waals surface area contributed by atoms with Gasteiger partial charge in [-0.05, 0) is 47.6 Å². The molecule has 0 radical (unpaired) electrons. The zero-order valence-corrected chi connectivity index (χ0v) is 11.4. The number of carbonyl (C=O) groups is 2. The molecule has 0 atom stereocenters. The zero-order chi connectivity index (χ0) is 12.3. The normalized spacial score (nSPS) is 14.2. The highest BCUT2D eigenvalue weighted by Gasteiger charge is 2.23. The van der Waals surface area contributed by atoms with Crippen molar-refractivity contribution in [2.45, 2.75) is 18.9 Å². The van der Waals surface area contributed by atoms with Gasteiger partial charge in [-0.2, -0.15) is 0 Å². The molecule has 5 heteroatoms. The first-order valence-electron chi connectivity index (χ1n) is 5.49. The lowest BCUT2D eigenvalue weighted by atomic mass is 10.2. The molecule has 1 aromatic rings. The molecule has 0 unspecified atom stereocenters. The quantitative estimate of drug-likeness (QED) is 0.809. The van der Waals surface area contributed by atoms with Crippen molar-refractivity contribution in [3.05, 3.63) is 33.4 Å². The summed E-state index contributed by atoms with van der Waals surface area (Å²) < 4.78 is 0.880. The number of nitrogens with one attached hydrogen (secondary N) is 2. The molecular weight excluding hydrogens is 331 g/mol. The highest BCUT2D eigenvalue weighted by Crippen LogP contribution is 2.18. The van der Waals surface area contributed by atoms with Crippen molar-refractivity contribution < 1.29 is 9.59 Å². The van der Waals surface area contributed by atoms with Crippen LogP contribution in [0.1, 0.15) is 23.2 Å². The van der Waals surface area contributed by atoms with Gasteiger partial charge in [0.1, 0.15) is 0 Å². The predicted molar refractivity (Wildman–Crippen MR) is 72.7 cm³/mol. The Kier molecular flexibility index (Phi) is 3.98. The van der Waals surface area contributed by atoms with Crippen LogP contribution in [0.25, 0.3) is 0 Å². The van der Waals surface area contributed by atoms with Gasteiger partial charge in [-0.15, -0.1) is 0 Å². The van der Waals surface area contributed by atoms with Gasteiger partial charge in [-0.25, -0.2) is 0 Å². The molecule has 2 rings (SSSR count). The first kappa shape index (κ1) is 12.3. The first-order chi connectivity index (χ1) is 8.16. The molecule has 0 heterocycles. The predicted octanol–water partition coefficient (Wildman–Crippen LogP) is 1.30. The molecule has 0 aromatic heterocycles. The molecule has 17 heavy (non-hydrogen) atoms. The maximum absolute atomic E-state index is 11.8. The van der Waals surface area contributed by atoms with Crippen molar-refractivity contribution in [2.75, 3.05) is 6.54 Å². The van der Waals surface area contributed by atoms with E-state index in [1.165, 1.54) is 0 Å². The lowest BCUT2D eigenvalue weighted by Crippen LogP contribution is -2.38. The Morgan fingerprint density at radius 2 is 2.00 bits per heavy atom. The molecule has 2 N–H and O–H groups in total. The van der Waals surface area contributed by atoms with Crippen LogP contribution in [0.15, 0.2) is 24.3 Å². The Morgan fingerprint density at radius 3 is 2.65 bits per heavy atom. The summed E-state index contributed by atoms with van der Waals surface area (Å²) in [5.41, 5.74) is 0.604. The molecule has 0 aliphatic heterocycles. The lowest BCUT2D eigenvalue weighted by Gasteiger charge is -2.07. The minimum atomic E-state index is -0.207. The van der Waals surface area contributed by atoms with Gasteiger partial charge in [-0.1, -0.05) is 12.1 Å². The molecule has 1 aliphatic rings. The highest BCUT2D eigenvalue weighted by molar-refractivity contribution is 14.1. The monoisotopic (exact) mass is 344 g/mol. The maximum atomic E-state index is 11.8. The summed E-state index contributed by atoms with van der Waals surface area (Å²) >= 11 is 2.10. The Labute approximate surface area is 113 Å². The summed E-state index contributed by atoms with van der Waals surface area (Å²) in [6, 6.07) is 7.62. The Morgan fingerprint density at radius 1 is 1.29 bits per heavy atom. The fourth-order valence-corrected chi connectivity index (χ4v) is 2.04. The van der Waals surface area contributed by atoms with Crippen molar-refractivity contribution in [2.24, 2.45) is 0 Å². The number of hydrogen-bond acceptors (Lipinski definition) is 2. The number of amides is 2. The van der Waals surface area contributed by atoms with Gasteiger partial charge in [0.25, 0.3) is 5.91 Å². The topological polar surface area (TPSA) is 58.2 Å². The molecule has 0 bridgehead atoms. The van der Waals surface area contributed by atoms with E-state index >= 15 is 0 Å². The fourth-order valence-electron chi connectivity index (χ4n) is 1.41. The van der Waals surface area contributed by atoms with Crippen LogP contribution < -0.4 is 10.6 Å². The minimum absolute atomic E-state index is 0.0420. The average Bonchev–Trinajstić information content (AvgIpc) is 3.10. The second-order valence-corrected chi connectivity index (χ2v) is 5.17. The average molecular weight is 344 g/mol. The Hall–Kier alpha value is -1.11. The number of benzene rings is 1. The van der Waals surface area contributed by atoms with Gasteiger partial charge in [0.15, 0.2) is 0 Å². The van der Waals surface area contributed by atoms with Crippen LogP contribution in [-0.4, -0.2) is 24.4 Å². The van der Waals surface area contributed by atoms with Crippen LogP contribution in [0.5, 0.6) is 0 Å². The first-order valence-corrected chi connectivity index (χ1v) is 6.57. The largest absolute Gasteiger partial charge is 0.352 e. The van der Waals surface area contributed by atoms with Crippen molar-refractivity contribution in [3.8, 4) is 0 Å². The minimum Gasteiger partial charge on any atom is -0.352 e. The molecule has 1 aromatic carbocycles. The lowest BCUT2D eigenvalue weighted by molar-refractivity contribution is -0.120. The zero-order valence-electron chi connectivity index (χ0n) is 9.20. The summed E-state index contributed by atoms with van der Waals surface area (Å²) in [7, 11) is 0. The third kappa shape index (κ3) is 3.69. The number of carbonyl (C=O) groups excluding carboxylic acids is 2. The maximum Gasteiger partial charge on any atom is 0.252 e. The molecular formula is C12H13IN2O2. The van der Waals surface area contributed by atoms with E-state index in [0.717, 1.165) is 16.4 Å². The van der Waals surface area contributed by atoms with Gasteiger partial charge >= 0.3 is 0 Å². The molecule has 1 fully saturated rings. The van der Waals surface area contributed by atoms with Gasteiger partial charge in [0.05, 0.1) is 12.1 Å². The summed E-state index contributed by atoms with van der Waals surface area (Å²) in [4.78, 5) is 23.2. The Balaban J connectivity index is 1.84. The summed E-state index contributed by atoms with van der Waals surface area (Å²) in [5.74, 6) is -0.326. The van der Waals surface area contributed by atoms with Crippen LogP contribution in [0.3, 0.4) is 0 Å². The summed E-state index contributed by atoms with van der Waals surface area (Å²) in [5, 5.41) is 5.44. The second kappa shape index (κ2) is 5.48. The van der Waals surface area contributed by atoms with Crippen LogP contribution in [0, 0.1) is 3.57 Å². The smallest absolute Gasteiger partial charge is 0.252 e. The van der Waals surface area contributed by atoms with E-state index in [1.807, 2.05) is 12.1 Å². The third-order valence-corrected chi connectivity index (χ3v) is 3.41. The number of halogens is 1. The van der Waals surface area contributed by atoms with E-state index in [-0.39, 0.29) is 18.4 Å². The molecule has 1 saturated carbocycles. The summed E-state index contributed by atoms with van der Waals surface area (Å²) in [6.45, 7) is 0.0420. The molecule has 0 saturated heterocycles. The number of hydrogen-bond donors (Lipinski definition) is 2. The highest BCUT2D eigenvalue weighted by atomic mass is 127. The third-order valence-electron chi connectivity index (χ3n) is 2.47. The standard InChI is InChI=1S/C12H13IN2O2/c13-10-4-2-1-3-9(10)12(17)14-7-11(16)15-8-5-6-8/h1-4,8H,5-7H2,(H,14,17)(H,15,16). The van der Waals surface area contributed by atoms with Crippen LogP contribution in [-0.2, 0) is 4.79 Å². The van der Waals surface area contributed by atoms with Gasteiger partial charge in [0, 0.05) is 9.61 Å². The molecule has 90 valence electrons. The molecule has 0 spiro atoms. The molecule has 4 nitrogen and oxygen atoms in total. The van der Waals surface area contributed by atoms with Gasteiger partial charge in [-0.3, -0.25) is 9.59 Å².